The Kier molecular flexibility index (Phi) is 9.19. The first kappa shape index (κ1) is 30.3. The third-order valence-corrected chi connectivity index (χ3v) is 9.74. The summed E-state index contributed by atoms with van der Waals surface area (Å²) in [6, 6.07) is 15.8. The Balaban J connectivity index is 1.49. The molecule has 0 unspecified atom stereocenters. The van der Waals surface area contributed by atoms with Gasteiger partial charge in [0.25, 0.3) is 10.0 Å². The van der Waals surface area contributed by atoms with Gasteiger partial charge in [0.15, 0.2) is 11.5 Å². The van der Waals surface area contributed by atoms with Gasteiger partial charge < -0.3 is 19.7 Å². The highest BCUT2D eigenvalue weighted by Gasteiger charge is 2.34. The second-order valence-corrected chi connectivity index (χ2v) is 12.8. The van der Waals surface area contributed by atoms with Gasteiger partial charge in [0.05, 0.1) is 10.6 Å². The van der Waals surface area contributed by atoms with Crippen molar-refractivity contribution in [1.82, 2.24) is 10.2 Å². The molecule has 9 nitrogen and oxygen atoms in total. The quantitative estimate of drug-likeness (QED) is 0.361. The fraction of sp³-hybridized carbons (Fsp3) is 0.375. The molecule has 5 rings (SSSR count). The van der Waals surface area contributed by atoms with Crippen molar-refractivity contribution >= 4 is 27.5 Å². The van der Waals surface area contributed by atoms with Gasteiger partial charge in [-0.25, -0.2) is 12.8 Å². The van der Waals surface area contributed by atoms with Crippen LogP contribution < -0.4 is 19.1 Å². The smallest absolute Gasteiger partial charge is 0.264 e. The minimum Gasteiger partial charge on any atom is -0.486 e. The first-order valence-corrected chi connectivity index (χ1v) is 15.9. The molecule has 11 heteroatoms. The number of carbonyl (C=O) groups is 2. The molecule has 0 radical (unpaired) electrons. The summed E-state index contributed by atoms with van der Waals surface area (Å²) in [7, 11) is -4.35. The van der Waals surface area contributed by atoms with Crippen molar-refractivity contribution < 1.29 is 31.9 Å². The van der Waals surface area contributed by atoms with Crippen LogP contribution in [0.15, 0.2) is 71.6 Å². The van der Waals surface area contributed by atoms with Crippen molar-refractivity contribution in [3.05, 3.63) is 83.7 Å². The maximum atomic E-state index is 14.1. The lowest BCUT2D eigenvalue weighted by Gasteiger charge is -2.33. The Morgan fingerprint density at radius 1 is 0.977 bits per heavy atom. The number of carbonyl (C=O) groups excluding carboxylic acids is 2. The normalized spacial score (nSPS) is 15.5. The van der Waals surface area contributed by atoms with Gasteiger partial charge >= 0.3 is 0 Å². The van der Waals surface area contributed by atoms with Crippen molar-refractivity contribution in [2.75, 3.05) is 24.1 Å². The van der Waals surface area contributed by atoms with Gasteiger partial charge in [-0.15, -0.1) is 0 Å². The van der Waals surface area contributed by atoms with Crippen LogP contribution in [0.5, 0.6) is 11.5 Å². The molecular weight excluding hydrogens is 573 g/mol. The first-order chi connectivity index (χ1) is 20.6. The third kappa shape index (κ3) is 6.93. The summed E-state index contributed by atoms with van der Waals surface area (Å²) in [5.74, 6) is -0.734. The van der Waals surface area contributed by atoms with E-state index in [0.717, 1.165) is 53.2 Å². The van der Waals surface area contributed by atoms with Crippen LogP contribution in [-0.4, -0.2) is 57.0 Å². The second-order valence-electron chi connectivity index (χ2n) is 10.9. The number of nitrogens with zero attached hydrogens (tertiary/aromatic N) is 2. The number of halogens is 1. The number of nitrogens with one attached hydrogen (secondary N) is 1. The van der Waals surface area contributed by atoms with Gasteiger partial charge in [-0.2, -0.15) is 0 Å². The standard InChI is InChI=1S/C32H36FN3O6S/c1-22-7-3-4-8-24(22)20-35(23(2)32(38)34-26-9-5-6-10-26)31(37)21-36(27-13-11-25(33)12-14-27)43(39,40)28-15-16-29-30(19-28)42-18-17-41-29/h3-4,7-8,11-16,19,23,26H,5-6,9-10,17-18,20-21H2,1-2H3,(H,34,38)/t23-/m1/s1. The number of rotatable bonds is 10. The van der Waals surface area contributed by atoms with E-state index in [1.807, 2.05) is 31.2 Å². The summed E-state index contributed by atoms with van der Waals surface area (Å²) < 4.78 is 54.1. The van der Waals surface area contributed by atoms with E-state index in [1.165, 1.54) is 35.2 Å². The molecule has 2 aliphatic rings. The molecule has 0 saturated heterocycles. The number of sulfonamides is 1. The molecule has 1 aliphatic heterocycles. The largest absolute Gasteiger partial charge is 0.486 e. The van der Waals surface area contributed by atoms with Crippen molar-refractivity contribution in [2.24, 2.45) is 0 Å². The summed E-state index contributed by atoms with van der Waals surface area (Å²) >= 11 is 0. The van der Waals surface area contributed by atoms with Crippen molar-refractivity contribution in [3.8, 4) is 11.5 Å². The topological polar surface area (TPSA) is 105 Å². The van der Waals surface area contributed by atoms with Crippen LogP contribution in [0.2, 0.25) is 0 Å². The lowest BCUT2D eigenvalue weighted by Crippen LogP contribution is -2.52. The number of hydrogen-bond donors (Lipinski definition) is 1. The molecule has 2 amide bonds. The maximum Gasteiger partial charge on any atom is 0.264 e. The summed E-state index contributed by atoms with van der Waals surface area (Å²) in [5, 5.41) is 3.06. The SMILES string of the molecule is Cc1ccccc1CN(C(=O)CN(c1ccc(F)cc1)S(=O)(=O)c1ccc2c(c1)OCCO2)[C@H](C)C(=O)NC1CCCC1. The molecular formula is C32H36FN3O6S. The molecule has 228 valence electrons. The van der Waals surface area contributed by atoms with E-state index in [0.29, 0.717) is 12.4 Å². The van der Waals surface area contributed by atoms with Gasteiger partial charge in [0, 0.05) is 18.7 Å². The molecule has 3 aromatic rings. The fourth-order valence-corrected chi connectivity index (χ4v) is 6.82. The van der Waals surface area contributed by atoms with E-state index >= 15 is 0 Å². The predicted octanol–water partition coefficient (Wildman–Crippen LogP) is 4.58. The number of hydrogen-bond acceptors (Lipinski definition) is 6. The van der Waals surface area contributed by atoms with Crippen LogP contribution in [-0.2, 0) is 26.2 Å². The molecule has 43 heavy (non-hydrogen) atoms. The zero-order valence-corrected chi connectivity index (χ0v) is 25.1. The molecule has 0 aromatic heterocycles. The predicted molar refractivity (Wildman–Crippen MR) is 160 cm³/mol. The highest BCUT2D eigenvalue weighted by molar-refractivity contribution is 7.92. The second kappa shape index (κ2) is 13.0. The van der Waals surface area contributed by atoms with Crippen LogP contribution in [0.1, 0.15) is 43.7 Å². The summed E-state index contributed by atoms with van der Waals surface area (Å²) in [6.45, 7) is 3.67. The van der Waals surface area contributed by atoms with E-state index in [1.54, 1.807) is 6.92 Å². The van der Waals surface area contributed by atoms with Crippen LogP contribution in [0.25, 0.3) is 0 Å². The summed E-state index contributed by atoms with van der Waals surface area (Å²) in [4.78, 5) is 28.8. The zero-order valence-electron chi connectivity index (χ0n) is 24.3. The Morgan fingerprint density at radius 3 is 2.35 bits per heavy atom. The van der Waals surface area contributed by atoms with E-state index in [-0.39, 0.29) is 41.4 Å². The average molecular weight is 610 g/mol. The zero-order chi connectivity index (χ0) is 30.6. The van der Waals surface area contributed by atoms with Crippen LogP contribution in [0.3, 0.4) is 0 Å². The average Bonchev–Trinajstić information content (AvgIpc) is 3.52. The minimum absolute atomic E-state index is 0.0525. The van der Waals surface area contributed by atoms with E-state index < -0.39 is 34.3 Å². The van der Waals surface area contributed by atoms with Gasteiger partial charge in [0.1, 0.15) is 31.6 Å². The minimum atomic E-state index is -4.35. The van der Waals surface area contributed by atoms with Crippen molar-refractivity contribution in [1.29, 1.82) is 0 Å². The van der Waals surface area contributed by atoms with Gasteiger partial charge in [-0.05, 0) is 74.2 Å². The molecule has 1 fully saturated rings. The number of anilines is 1. The Bertz CT molecular complexity index is 1570. The molecule has 1 N–H and O–H groups in total. The molecule has 0 bridgehead atoms. The first-order valence-electron chi connectivity index (χ1n) is 14.5. The van der Waals surface area contributed by atoms with Crippen molar-refractivity contribution in [2.45, 2.75) is 63.1 Å². The van der Waals surface area contributed by atoms with Gasteiger partial charge in [-0.3, -0.25) is 13.9 Å². The third-order valence-electron chi connectivity index (χ3n) is 7.97. The molecule has 1 saturated carbocycles. The number of ether oxygens (including phenoxy) is 2. The van der Waals surface area contributed by atoms with E-state index in [2.05, 4.69) is 5.32 Å². The summed E-state index contributed by atoms with van der Waals surface area (Å²) in [5.41, 5.74) is 1.87. The molecule has 1 heterocycles. The van der Waals surface area contributed by atoms with Crippen molar-refractivity contribution in [3.63, 3.8) is 0 Å². The highest BCUT2D eigenvalue weighted by atomic mass is 32.2. The molecule has 1 aliphatic carbocycles. The molecule has 1 atom stereocenters. The van der Waals surface area contributed by atoms with Gasteiger partial charge in [0.2, 0.25) is 11.8 Å². The highest BCUT2D eigenvalue weighted by Crippen LogP contribution is 2.34. The Hall–Kier alpha value is -4.12. The molecule has 0 spiro atoms. The maximum absolute atomic E-state index is 14.1. The van der Waals surface area contributed by atoms with Gasteiger partial charge in [-0.1, -0.05) is 37.1 Å². The number of fused-ring (bicyclic) bond motifs is 1. The van der Waals surface area contributed by atoms with E-state index in [4.69, 9.17) is 9.47 Å². The van der Waals surface area contributed by atoms with Crippen LogP contribution in [0.4, 0.5) is 10.1 Å². The Labute approximate surface area is 251 Å². The number of benzene rings is 3. The van der Waals surface area contributed by atoms with Crippen LogP contribution >= 0.6 is 0 Å². The monoisotopic (exact) mass is 609 g/mol. The number of aryl methyl sites for hydroxylation is 1. The lowest BCUT2D eigenvalue weighted by molar-refractivity contribution is -0.139. The molecule has 3 aromatic carbocycles. The Morgan fingerprint density at radius 2 is 1.65 bits per heavy atom. The lowest BCUT2D eigenvalue weighted by atomic mass is 10.1. The number of amides is 2. The fourth-order valence-electron chi connectivity index (χ4n) is 5.39. The van der Waals surface area contributed by atoms with Crippen LogP contribution in [0, 0.1) is 12.7 Å². The van der Waals surface area contributed by atoms with E-state index in [9.17, 15) is 22.4 Å². The summed E-state index contributed by atoms with van der Waals surface area (Å²) in [6.07, 6.45) is 3.84.